The van der Waals surface area contributed by atoms with Crippen LogP contribution in [0.4, 0.5) is 5.69 Å². The van der Waals surface area contributed by atoms with Gasteiger partial charge in [0.15, 0.2) is 0 Å². The van der Waals surface area contributed by atoms with Crippen molar-refractivity contribution in [2.75, 3.05) is 11.4 Å². The highest BCUT2D eigenvalue weighted by Gasteiger charge is 2.24. The van der Waals surface area contributed by atoms with E-state index in [9.17, 15) is 4.79 Å². The Bertz CT molecular complexity index is 518. The number of carbonyl (C=O) groups excluding carboxylic acids is 1. The molecular formula is C17H21NO. The Balaban J connectivity index is 1.78. The number of benzene rings is 1. The van der Waals surface area contributed by atoms with Gasteiger partial charge < -0.3 is 4.90 Å². The van der Waals surface area contributed by atoms with E-state index in [2.05, 4.69) is 37.3 Å². The Kier molecular flexibility index (Phi) is 3.41. The van der Waals surface area contributed by atoms with Crippen LogP contribution >= 0.6 is 0 Å². The van der Waals surface area contributed by atoms with Gasteiger partial charge in [-0.1, -0.05) is 29.8 Å². The minimum Gasteiger partial charge on any atom is -0.312 e. The fraction of sp³-hybridized carbons (Fsp3) is 0.471. The fourth-order valence-electron chi connectivity index (χ4n) is 3.18. The van der Waals surface area contributed by atoms with Crippen molar-refractivity contribution in [3.63, 3.8) is 0 Å². The minimum absolute atomic E-state index is 0.293. The second-order valence-electron chi connectivity index (χ2n) is 5.75. The molecule has 100 valence electrons. The van der Waals surface area contributed by atoms with Gasteiger partial charge in [0.25, 0.3) is 0 Å². The minimum atomic E-state index is 0.293. The van der Waals surface area contributed by atoms with E-state index in [1.54, 1.807) is 0 Å². The number of aryl methyl sites for hydroxylation is 2. The number of nitrogens with zero attached hydrogens (tertiary/aromatic N) is 1. The molecule has 1 aromatic rings. The number of rotatable bonds is 2. The zero-order valence-corrected chi connectivity index (χ0v) is 11.6. The van der Waals surface area contributed by atoms with Crippen LogP contribution in [0, 0.1) is 12.8 Å². The summed E-state index contributed by atoms with van der Waals surface area (Å²) < 4.78 is 0. The van der Waals surface area contributed by atoms with Crippen LogP contribution < -0.4 is 4.90 Å². The number of anilines is 1. The van der Waals surface area contributed by atoms with Gasteiger partial charge in [-0.2, -0.15) is 0 Å². The molecule has 2 aliphatic rings. The summed E-state index contributed by atoms with van der Waals surface area (Å²) in [5.41, 5.74) is 3.76. The molecule has 2 nitrogen and oxygen atoms in total. The molecule has 0 saturated heterocycles. The highest BCUT2D eigenvalue weighted by Crippen LogP contribution is 2.30. The Morgan fingerprint density at radius 3 is 3.11 bits per heavy atom. The monoisotopic (exact) mass is 255 g/mol. The summed E-state index contributed by atoms with van der Waals surface area (Å²) in [6.45, 7) is 3.00. The van der Waals surface area contributed by atoms with Crippen molar-refractivity contribution in [1.29, 1.82) is 0 Å². The molecule has 0 spiro atoms. The molecule has 0 bridgehead atoms. The molecule has 0 N–H and O–H groups in total. The predicted molar refractivity (Wildman–Crippen MR) is 78.3 cm³/mol. The maximum Gasteiger partial charge on any atom is 0.227 e. The molecule has 1 aliphatic carbocycles. The summed E-state index contributed by atoms with van der Waals surface area (Å²) in [7, 11) is 0. The summed E-state index contributed by atoms with van der Waals surface area (Å²) in [6, 6.07) is 6.45. The lowest BCUT2D eigenvalue weighted by Gasteiger charge is -2.30. The van der Waals surface area contributed by atoms with E-state index in [4.69, 9.17) is 0 Å². The van der Waals surface area contributed by atoms with Gasteiger partial charge >= 0.3 is 0 Å². The van der Waals surface area contributed by atoms with Crippen molar-refractivity contribution in [2.45, 2.75) is 39.0 Å². The fourth-order valence-corrected chi connectivity index (χ4v) is 3.18. The van der Waals surface area contributed by atoms with Crippen LogP contribution in [0.15, 0.2) is 30.4 Å². The smallest absolute Gasteiger partial charge is 0.227 e. The zero-order valence-electron chi connectivity index (χ0n) is 11.6. The van der Waals surface area contributed by atoms with E-state index in [1.807, 2.05) is 4.90 Å². The van der Waals surface area contributed by atoms with E-state index < -0.39 is 0 Å². The van der Waals surface area contributed by atoms with Crippen molar-refractivity contribution in [2.24, 2.45) is 5.92 Å². The molecule has 0 radical (unpaired) electrons. The Morgan fingerprint density at radius 1 is 1.42 bits per heavy atom. The van der Waals surface area contributed by atoms with Crippen LogP contribution in [0.5, 0.6) is 0 Å². The van der Waals surface area contributed by atoms with E-state index >= 15 is 0 Å². The molecule has 0 saturated carbocycles. The zero-order chi connectivity index (χ0) is 13.2. The molecule has 1 amide bonds. The third kappa shape index (κ3) is 2.58. The molecule has 0 fully saturated rings. The van der Waals surface area contributed by atoms with Gasteiger partial charge in [-0.15, -0.1) is 0 Å². The van der Waals surface area contributed by atoms with Crippen molar-refractivity contribution in [1.82, 2.24) is 0 Å². The first-order valence-corrected chi connectivity index (χ1v) is 7.30. The molecule has 1 unspecified atom stereocenters. The molecule has 0 aromatic heterocycles. The number of fused-ring (bicyclic) bond motifs is 1. The summed E-state index contributed by atoms with van der Waals surface area (Å²) in [4.78, 5) is 14.5. The first kappa shape index (κ1) is 12.5. The van der Waals surface area contributed by atoms with E-state index in [0.29, 0.717) is 18.2 Å². The van der Waals surface area contributed by atoms with Crippen LogP contribution in [0.2, 0.25) is 0 Å². The molecule has 19 heavy (non-hydrogen) atoms. The summed E-state index contributed by atoms with van der Waals surface area (Å²) in [5.74, 6) is 0.754. The Hall–Kier alpha value is -1.57. The molecule has 1 aromatic carbocycles. The normalized spacial score (nSPS) is 21.5. The van der Waals surface area contributed by atoms with Gasteiger partial charge in [-0.05, 0) is 50.2 Å². The van der Waals surface area contributed by atoms with E-state index in [1.165, 1.54) is 11.1 Å². The van der Waals surface area contributed by atoms with Crippen molar-refractivity contribution < 1.29 is 4.79 Å². The third-order valence-electron chi connectivity index (χ3n) is 4.20. The van der Waals surface area contributed by atoms with Gasteiger partial charge in [-0.25, -0.2) is 0 Å². The van der Waals surface area contributed by atoms with Crippen LogP contribution in [-0.4, -0.2) is 12.5 Å². The molecule has 1 heterocycles. The number of allylic oxidation sites excluding steroid dienone is 2. The Morgan fingerprint density at radius 2 is 2.32 bits per heavy atom. The van der Waals surface area contributed by atoms with E-state index in [-0.39, 0.29) is 0 Å². The topological polar surface area (TPSA) is 20.3 Å². The van der Waals surface area contributed by atoms with Gasteiger partial charge in [0.1, 0.15) is 0 Å². The second-order valence-corrected chi connectivity index (χ2v) is 5.75. The molecule has 2 heteroatoms. The summed E-state index contributed by atoms with van der Waals surface area (Å²) in [5, 5.41) is 0. The average molecular weight is 255 g/mol. The molecular weight excluding hydrogens is 234 g/mol. The van der Waals surface area contributed by atoms with Gasteiger partial charge in [0.05, 0.1) is 0 Å². The van der Waals surface area contributed by atoms with Crippen molar-refractivity contribution in [3.05, 3.63) is 41.5 Å². The van der Waals surface area contributed by atoms with Crippen LogP contribution in [0.1, 0.15) is 36.8 Å². The molecule has 1 aliphatic heterocycles. The lowest BCUT2D eigenvalue weighted by molar-refractivity contribution is -0.119. The quantitative estimate of drug-likeness (QED) is 0.739. The SMILES string of the molecule is Cc1ccc2c(c1)CCCN2C(=O)CC1C=CCC1. The van der Waals surface area contributed by atoms with E-state index in [0.717, 1.165) is 37.9 Å². The number of hydrogen-bond donors (Lipinski definition) is 0. The number of hydrogen-bond acceptors (Lipinski definition) is 1. The maximum absolute atomic E-state index is 12.5. The first-order valence-electron chi connectivity index (χ1n) is 7.30. The van der Waals surface area contributed by atoms with Gasteiger partial charge in [0.2, 0.25) is 5.91 Å². The summed E-state index contributed by atoms with van der Waals surface area (Å²) in [6.07, 6.45) is 9.54. The number of amides is 1. The van der Waals surface area contributed by atoms with Gasteiger partial charge in [0, 0.05) is 18.7 Å². The van der Waals surface area contributed by atoms with Crippen LogP contribution in [0.25, 0.3) is 0 Å². The van der Waals surface area contributed by atoms with Crippen LogP contribution in [-0.2, 0) is 11.2 Å². The molecule has 1 atom stereocenters. The third-order valence-corrected chi connectivity index (χ3v) is 4.20. The lowest BCUT2D eigenvalue weighted by atomic mass is 9.98. The first-order chi connectivity index (χ1) is 9.24. The predicted octanol–water partition coefficient (Wildman–Crippen LogP) is 3.63. The average Bonchev–Trinajstić information content (AvgIpc) is 2.90. The largest absolute Gasteiger partial charge is 0.312 e. The standard InChI is InChI=1S/C17H21NO/c1-13-8-9-16-15(11-13)7-4-10-18(16)17(19)12-14-5-2-3-6-14/h2,5,8-9,11,14H,3-4,6-7,10,12H2,1H3. The van der Waals surface area contributed by atoms with Gasteiger partial charge in [-0.3, -0.25) is 4.79 Å². The van der Waals surface area contributed by atoms with Crippen molar-refractivity contribution >= 4 is 11.6 Å². The Labute approximate surface area is 115 Å². The number of carbonyl (C=O) groups is 1. The second kappa shape index (κ2) is 5.20. The highest BCUT2D eigenvalue weighted by atomic mass is 16.2. The molecule has 3 rings (SSSR count). The lowest BCUT2D eigenvalue weighted by Crippen LogP contribution is -2.36. The summed E-state index contributed by atoms with van der Waals surface area (Å²) >= 11 is 0. The van der Waals surface area contributed by atoms with Crippen molar-refractivity contribution in [3.8, 4) is 0 Å². The van der Waals surface area contributed by atoms with Crippen LogP contribution in [0.3, 0.4) is 0 Å². The highest BCUT2D eigenvalue weighted by molar-refractivity contribution is 5.94. The maximum atomic E-state index is 12.5.